The van der Waals surface area contributed by atoms with E-state index in [9.17, 15) is 9.59 Å². The SMILES string of the molecule is CCc1ccccc1NC(=O)CN(C)C(=O)CSc1nnc(-c2ccco2)o1. The normalized spacial score (nSPS) is 10.6. The predicted molar refractivity (Wildman–Crippen MR) is 105 cm³/mol. The average Bonchev–Trinajstić information content (AvgIpc) is 3.38. The van der Waals surface area contributed by atoms with Crippen LogP contribution in [0.15, 0.2) is 56.7 Å². The molecule has 0 bridgehead atoms. The van der Waals surface area contributed by atoms with Gasteiger partial charge in [-0.15, -0.1) is 10.2 Å². The van der Waals surface area contributed by atoms with E-state index in [4.69, 9.17) is 8.83 Å². The average molecular weight is 400 g/mol. The minimum atomic E-state index is -0.250. The van der Waals surface area contributed by atoms with Crippen LogP contribution < -0.4 is 5.32 Å². The summed E-state index contributed by atoms with van der Waals surface area (Å²) >= 11 is 1.11. The van der Waals surface area contributed by atoms with E-state index >= 15 is 0 Å². The Morgan fingerprint density at radius 1 is 1.18 bits per heavy atom. The van der Waals surface area contributed by atoms with Crippen molar-refractivity contribution in [1.82, 2.24) is 15.1 Å². The first-order valence-electron chi connectivity index (χ1n) is 8.68. The van der Waals surface area contributed by atoms with Gasteiger partial charge in [0.1, 0.15) is 0 Å². The van der Waals surface area contributed by atoms with E-state index in [2.05, 4.69) is 15.5 Å². The molecule has 0 atom stereocenters. The minimum absolute atomic E-state index is 0.0427. The lowest BCUT2D eigenvalue weighted by Gasteiger charge is -2.17. The number of aromatic nitrogens is 2. The second-order valence-electron chi connectivity index (χ2n) is 5.95. The molecule has 2 amide bonds. The van der Waals surface area contributed by atoms with E-state index in [0.717, 1.165) is 29.4 Å². The number of benzene rings is 1. The number of carbonyl (C=O) groups excluding carboxylic acids is 2. The van der Waals surface area contributed by atoms with Crippen LogP contribution in [-0.4, -0.2) is 46.3 Å². The molecule has 0 spiro atoms. The molecule has 0 saturated carbocycles. The first kappa shape index (κ1) is 19.7. The van der Waals surface area contributed by atoms with Crippen molar-refractivity contribution in [1.29, 1.82) is 0 Å². The van der Waals surface area contributed by atoms with Crippen molar-refractivity contribution in [3.63, 3.8) is 0 Å². The van der Waals surface area contributed by atoms with Gasteiger partial charge in [0.05, 0.1) is 18.6 Å². The molecule has 146 valence electrons. The number of para-hydroxylation sites is 1. The van der Waals surface area contributed by atoms with Crippen LogP contribution in [0.1, 0.15) is 12.5 Å². The maximum atomic E-state index is 12.3. The van der Waals surface area contributed by atoms with Crippen LogP contribution in [0.2, 0.25) is 0 Å². The zero-order valence-corrected chi connectivity index (χ0v) is 16.4. The number of likely N-dealkylation sites (N-methyl/N-ethyl adjacent to an activating group) is 1. The van der Waals surface area contributed by atoms with Crippen molar-refractivity contribution in [2.24, 2.45) is 0 Å². The summed E-state index contributed by atoms with van der Waals surface area (Å²) in [5.74, 6) is 0.324. The summed E-state index contributed by atoms with van der Waals surface area (Å²) in [6, 6.07) is 11.0. The lowest BCUT2D eigenvalue weighted by molar-refractivity contribution is -0.131. The van der Waals surface area contributed by atoms with Crippen LogP contribution in [0, 0.1) is 0 Å². The van der Waals surface area contributed by atoms with Crippen LogP contribution in [0.4, 0.5) is 5.69 Å². The van der Waals surface area contributed by atoms with Crippen LogP contribution in [0.3, 0.4) is 0 Å². The number of hydrogen-bond acceptors (Lipinski definition) is 7. The number of rotatable bonds is 8. The van der Waals surface area contributed by atoms with Crippen molar-refractivity contribution in [2.75, 3.05) is 24.7 Å². The third kappa shape index (κ3) is 5.01. The summed E-state index contributed by atoms with van der Waals surface area (Å²) in [5.41, 5.74) is 1.81. The Balaban J connectivity index is 1.48. The lowest BCUT2D eigenvalue weighted by Crippen LogP contribution is -2.36. The number of hydrogen-bond donors (Lipinski definition) is 1. The van der Waals surface area contributed by atoms with Crippen LogP contribution in [0.5, 0.6) is 0 Å². The summed E-state index contributed by atoms with van der Waals surface area (Å²) in [6.07, 6.45) is 2.32. The third-order valence-electron chi connectivity index (χ3n) is 3.94. The predicted octanol–water partition coefficient (Wildman–Crippen LogP) is 3.08. The zero-order valence-electron chi connectivity index (χ0n) is 15.5. The topological polar surface area (TPSA) is 101 Å². The van der Waals surface area contributed by atoms with Gasteiger partial charge < -0.3 is 19.1 Å². The van der Waals surface area contributed by atoms with E-state index in [-0.39, 0.29) is 35.2 Å². The van der Waals surface area contributed by atoms with Crippen molar-refractivity contribution in [3.8, 4) is 11.7 Å². The molecule has 1 N–H and O–H groups in total. The van der Waals surface area contributed by atoms with Crippen LogP contribution >= 0.6 is 11.8 Å². The first-order valence-corrected chi connectivity index (χ1v) is 9.67. The highest BCUT2D eigenvalue weighted by Gasteiger charge is 2.17. The van der Waals surface area contributed by atoms with E-state index in [1.807, 2.05) is 31.2 Å². The van der Waals surface area contributed by atoms with Crippen molar-refractivity contribution >= 4 is 29.3 Å². The first-order chi connectivity index (χ1) is 13.6. The van der Waals surface area contributed by atoms with Gasteiger partial charge >= 0.3 is 0 Å². The Hall–Kier alpha value is -3.07. The summed E-state index contributed by atoms with van der Waals surface area (Å²) in [4.78, 5) is 25.9. The summed E-state index contributed by atoms with van der Waals surface area (Å²) in [5, 5.41) is 10.9. The van der Waals surface area contributed by atoms with E-state index in [0.29, 0.717) is 5.76 Å². The van der Waals surface area contributed by atoms with Gasteiger partial charge in [-0.1, -0.05) is 36.9 Å². The number of furan rings is 1. The van der Waals surface area contributed by atoms with E-state index in [1.54, 1.807) is 19.2 Å². The van der Waals surface area contributed by atoms with Crippen molar-refractivity contribution < 1.29 is 18.4 Å². The molecule has 3 aromatic rings. The maximum Gasteiger partial charge on any atom is 0.284 e. The summed E-state index contributed by atoms with van der Waals surface area (Å²) in [6.45, 7) is 1.98. The highest BCUT2D eigenvalue weighted by Crippen LogP contribution is 2.23. The number of amides is 2. The molecule has 3 rings (SSSR count). The minimum Gasteiger partial charge on any atom is -0.459 e. The molecule has 0 saturated heterocycles. The number of thioether (sulfide) groups is 1. The highest BCUT2D eigenvalue weighted by molar-refractivity contribution is 7.99. The van der Waals surface area contributed by atoms with Gasteiger partial charge in [-0.05, 0) is 30.2 Å². The molecule has 0 fully saturated rings. The Kier molecular flexibility index (Phi) is 6.49. The fourth-order valence-electron chi connectivity index (χ4n) is 2.45. The molecule has 8 nitrogen and oxygen atoms in total. The Morgan fingerprint density at radius 3 is 2.75 bits per heavy atom. The standard InChI is InChI=1S/C19H20N4O4S/c1-3-13-7-4-5-8-14(13)20-16(24)11-23(2)17(25)12-28-19-22-21-18(27-19)15-9-6-10-26-15/h4-10H,3,11-12H2,1-2H3,(H,20,24). The highest BCUT2D eigenvalue weighted by atomic mass is 32.2. The van der Waals surface area contributed by atoms with Crippen molar-refractivity contribution in [3.05, 3.63) is 48.2 Å². The molecule has 1 aromatic carbocycles. The molecule has 0 aliphatic carbocycles. The maximum absolute atomic E-state index is 12.3. The van der Waals surface area contributed by atoms with E-state index < -0.39 is 0 Å². The molecule has 9 heteroatoms. The van der Waals surface area contributed by atoms with E-state index in [1.165, 1.54) is 11.2 Å². The number of anilines is 1. The lowest BCUT2D eigenvalue weighted by atomic mass is 10.1. The largest absolute Gasteiger partial charge is 0.459 e. The molecule has 0 aliphatic rings. The fraction of sp³-hybridized carbons (Fsp3) is 0.263. The van der Waals surface area contributed by atoms with Gasteiger partial charge in [-0.2, -0.15) is 0 Å². The molecular weight excluding hydrogens is 380 g/mol. The van der Waals surface area contributed by atoms with Crippen molar-refractivity contribution in [2.45, 2.75) is 18.6 Å². The van der Waals surface area contributed by atoms with Gasteiger partial charge in [0, 0.05) is 12.7 Å². The van der Waals surface area contributed by atoms with Gasteiger partial charge in [-0.25, -0.2) is 0 Å². The monoisotopic (exact) mass is 400 g/mol. The number of aryl methyl sites for hydroxylation is 1. The quantitative estimate of drug-likeness (QED) is 0.580. The smallest absolute Gasteiger partial charge is 0.284 e. The third-order valence-corrected chi connectivity index (χ3v) is 4.74. The molecule has 2 heterocycles. The molecule has 28 heavy (non-hydrogen) atoms. The molecular formula is C19H20N4O4S. The molecule has 0 unspecified atom stereocenters. The second-order valence-corrected chi connectivity index (χ2v) is 6.87. The van der Waals surface area contributed by atoms with Crippen LogP contribution in [0.25, 0.3) is 11.7 Å². The van der Waals surface area contributed by atoms with Gasteiger partial charge in [-0.3, -0.25) is 9.59 Å². The van der Waals surface area contributed by atoms with Gasteiger partial charge in [0.15, 0.2) is 5.76 Å². The van der Waals surface area contributed by atoms with Gasteiger partial charge in [0.2, 0.25) is 11.8 Å². The number of nitrogens with zero attached hydrogens (tertiary/aromatic N) is 3. The second kappa shape index (κ2) is 9.23. The number of nitrogens with one attached hydrogen (secondary N) is 1. The van der Waals surface area contributed by atoms with Gasteiger partial charge in [0.25, 0.3) is 11.1 Å². The van der Waals surface area contributed by atoms with Crippen LogP contribution in [-0.2, 0) is 16.0 Å². The Bertz CT molecular complexity index is 939. The summed E-state index contributed by atoms with van der Waals surface area (Å²) in [7, 11) is 1.58. The summed E-state index contributed by atoms with van der Waals surface area (Å²) < 4.78 is 10.6. The molecule has 2 aromatic heterocycles. The Labute approximate surface area is 166 Å². The molecule has 0 radical (unpaired) electrons. The fourth-order valence-corrected chi connectivity index (χ4v) is 3.15. The Morgan fingerprint density at radius 2 is 2.00 bits per heavy atom. The zero-order chi connectivity index (χ0) is 19.9. The molecule has 0 aliphatic heterocycles. The number of carbonyl (C=O) groups is 2.